The average molecular weight is 254 g/mol. The average Bonchev–Trinajstić information content (AvgIpc) is 2.93. The molecular weight excluding hydrogens is 240 g/mol. The van der Waals surface area contributed by atoms with Crippen molar-refractivity contribution < 1.29 is 9.15 Å². The van der Waals surface area contributed by atoms with Crippen LogP contribution in [0.4, 0.5) is 5.88 Å². The summed E-state index contributed by atoms with van der Waals surface area (Å²) >= 11 is 0. The second kappa shape index (κ2) is 5.17. The zero-order valence-electron chi connectivity index (χ0n) is 10.5. The number of anilines is 1. The number of ether oxygens (including phenoxy) is 1. The quantitative estimate of drug-likeness (QED) is 0.826. The minimum atomic E-state index is 0.584. The highest BCUT2D eigenvalue weighted by Gasteiger charge is 2.20. The molecule has 19 heavy (non-hydrogen) atoms. The van der Waals surface area contributed by atoms with E-state index in [2.05, 4.69) is 11.0 Å². The van der Waals surface area contributed by atoms with Gasteiger partial charge in [-0.3, -0.25) is 0 Å². The van der Waals surface area contributed by atoms with Crippen LogP contribution in [0.3, 0.4) is 0 Å². The molecule has 96 valence electrons. The molecule has 0 amide bonds. The lowest BCUT2D eigenvalue weighted by molar-refractivity contribution is 0.121. The van der Waals surface area contributed by atoms with Gasteiger partial charge in [0.05, 0.1) is 13.2 Å². The Labute approximate surface area is 111 Å². The van der Waals surface area contributed by atoms with Crippen LogP contribution in [0, 0.1) is 11.3 Å². The molecule has 0 saturated carbocycles. The van der Waals surface area contributed by atoms with Crippen molar-refractivity contribution in [2.75, 3.05) is 31.2 Å². The molecule has 0 N–H and O–H groups in total. The van der Waals surface area contributed by atoms with Crippen LogP contribution < -0.4 is 4.90 Å². The molecule has 1 fully saturated rings. The molecule has 0 aliphatic carbocycles. The summed E-state index contributed by atoms with van der Waals surface area (Å²) in [6.45, 7) is 2.87. The van der Waals surface area contributed by atoms with E-state index < -0.39 is 0 Å². The Hall–Kier alpha value is -2.25. The van der Waals surface area contributed by atoms with E-state index in [1.807, 2.05) is 30.3 Å². The van der Waals surface area contributed by atoms with Crippen LogP contribution in [0.25, 0.3) is 11.3 Å². The molecular formula is C15H14N2O2. The van der Waals surface area contributed by atoms with Crippen molar-refractivity contribution in [3.8, 4) is 17.4 Å². The summed E-state index contributed by atoms with van der Waals surface area (Å²) in [7, 11) is 0. The third-order valence-corrected chi connectivity index (χ3v) is 3.19. The van der Waals surface area contributed by atoms with Crippen LogP contribution in [0.2, 0.25) is 0 Å². The van der Waals surface area contributed by atoms with Crippen LogP contribution in [-0.2, 0) is 4.74 Å². The Morgan fingerprint density at radius 2 is 1.84 bits per heavy atom. The lowest BCUT2D eigenvalue weighted by Gasteiger charge is -2.26. The topological polar surface area (TPSA) is 49.4 Å². The minimum absolute atomic E-state index is 0.584. The number of nitriles is 1. The number of hydrogen-bond donors (Lipinski definition) is 0. The predicted octanol–water partition coefficient (Wildman–Crippen LogP) is 2.65. The van der Waals surface area contributed by atoms with Crippen LogP contribution in [0.15, 0.2) is 40.8 Å². The van der Waals surface area contributed by atoms with Crippen molar-refractivity contribution in [1.29, 1.82) is 5.26 Å². The maximum atomic E-state index is 9.24. The van der Waals surface area contributed by atoms with Crippen LogP contribution >= 0.6 is 0 Å². The SMILES string of the molecule is N#Cc1cc(-c2ccccc2)oc1N1CCOCC1. The molecule has 0 bridgehead atoms. The second-order valence-corrected chi connectivity index (χ2v) is 4.41. The molecule has 1 aromatic heterocycles. The van der Waals surface area contributed by atoms with Gasteiger partial charge in [-0.05, 0) is 0 Å². The molecule has 0 unspecified atom stereocenters. The number of morpholine rings is 1. The summed E-state index contributed by atoms with van der Waals surface area (Å²) in [5, 5.41) is 9.24. The Morgan fingerprint density at radius 3 is 2.53 bits per heavy atom. The summed E-state index contributed by atoms with van der Waals surface area (Å²) in [6.07, 6.45) is 0. The van der Waals surface area contributed by atoms with Gasteiger partial charge in [0.25, 0.3) is 0 Å². The second-order valence-electron chi connectivity index (χ2n) is 4.41. The van der Waals surface area contributed by atoms with Crippen molar-refractivity contribution in [1.82, 2.24) is 0 Å². The fourth-order valence-electron chi connectivity index (χ4n) is 2.21. The first-order chi connectivity index (χ1) is 9.38. The highest BCUT2D eigenvalue weighted by molar-refractivity contribution is 5.65. The highest BCUT2D eigenvalue weighted by Crippen LogP contribution is 2.31. The van der Waals surface area contributed by atoms with E-state index in [1.165, 1.54) is 0 Å². The maximum absolute atomic E-state index is 9.24. The standard InChI is InChI=1S/C15H14N2O2/c16-11-13-10-14(12-4-2-1-3-5-12)19-15(13)17-6-8-18-9-7-17/h1-5,10H,6-9H2. The zero-order chi connectivity index (χ0) is 13.1. The van der Waals surface area contributed by atoms with Gasteiger partial charge in [0, 0.05) is 24.7 Å². The zero-order valence-corrected chi connectivity index (χ0v) is 10.5. The van der Waals surface area contributed by atoms with Gasteiger partial charge in [0.2, 0.25) is 5.88 Å². The fraction of sp³-hybridized carbons (Fsp3) is 0.267. The first kappa shape index (κ1) is 11.8. The van der Waals surface area contributed by atoms with Crippen LogP contribution in [-0.4, -0.2) is 26.3 Å². The van der Waals surface area contributed by atoms with Crippen LogP contribution in [0.5, 0.6) is 0 Å². The van der Waals surface area contributed by atoms with Gasteiger partial charge >= 0.3 is 0 Å². The van der Waals surface area contributed by atoms with E-state index in [9.17, 15) is 5.26 Å². The van der Waals surface area contributed by atoms with Crippen molar-refractivity contribution >= 4 is 5.88 Å². The Balaban J connectivity index is 1.97. The van der Waals surface area contributed by atoms with Crippen molar-refractivity contribution in [2.24, 2.45) is 0 Å². The van der Waals surface area contributed by atoms with Gasteiger partial charge in [-0.2, -0.15) is 5.26 Å². The van der Waals surface area contributed by atoms with Gasteiger partial charge in [-0.25, -0.2) is 0 Å². The van der Waals surface area contributed by atoms with Crippen molar-refractivity contribution in [2.45, 2.75) is 0 Å². The molecule has 1 aliphatic heterocycles. The van der Waals surface area contributed by atoms with E-state index >= 15 is 0 Å². The van der Waals surface area contributed by atoms with E-state index in [4.69, 9.17) is 9.15 Å². The molecule has 2 heterocycles. The van der Waals surface area contributed by atoms with E-state index in [0.29, 0.717) is 24.7 Å². The molecule has 4 nitrogen and oxygen atoms in total. The molecule has 0 atom stereocenters. The smallest absolute Gasteiger partial charge is 0.214 e. The number of nitrogens with zero attached hydrogens (tertiary/aromatic N) is 2. The molecule has 3 rings (SSSR count). The summed E-state index contributed by atoms with van der Waals surface area (Å²) in [4.78, 5) is 2.06. The summed E-state index contributed by atoms with van der Waals surface area (Å²) < 4.78 is 11.2. The molecule has 1 aromatic carbocycles. The number of hydrogen-bond acceptors (Lipinski definition) is 4. The normalized spacial score (nSPS) is 15.2. The van der Waals surface area contributed by atoms with E-state index in [-0.39, 0.29) is 0 Å². The van der Waals surface area contributed by atoms with Gasteiger partial charge in [-0.1, -0.05) is 30.3 Å². The highest BCUT2D eigenvalue weighted by atomic mass is 16.5. The van der Waals surface area contributed by atoms with Gasteiger partial charge < -0.3 is 14.1 Å². The molecule has 1 saturated heterocycles. The summed E-state index contributed by atoms with van der Waals surface area (Å²) in [6, 6.07) is 13.8. The van der Waals surface area contributed by atoms with E-state index in [1.54, 1.807) is 6.07 Å². The maximum Gasteiger partial charge on any atom is 0.214 e. The molecule has 2 aromatic rings. The van der Waals surface area contributed by atoms with Gasteiger partial charge in [-0.15, -0.1) is 0 Å². The Bertz CT molecular complexity index is 592. The Kier molecular flexibility index (Phi) is 3.21. The third kappa shape index (κ3) is 2.33. The van der Waals surface area contributed by atoms with E-state index in [0.717, 1.165) is 24.4 Å². The number of furan rings is 1. The fourth-order valence-corrected chi connectivity index (χ4v) is 2.21. The first-order valence-electron chi connectivity index (χ1n) is 6.30. The predicted molar refractivity (Wildman–Crippen MR) is 71.9 cm³/mol. The molecule has 0 spiro atoms. The van der Waals surface area contributed by atoms with Crippen molar-refractivity contribution in [3.05, 3.63) is 42.0 Å². The van der Waals surface area contributed by atoms with Gasteiger partial charge in [0.15, 0.2) is 0 Å². The third-order valence-electron chi connectivity index (χ3n) is 3.19. The first-order valence-corrected chi connectivity index (χ1v) is 6.30. The monoisotopic (exact) mass is 254 g/mol. The lowest BCUT2D eigenvalue weighted by atomic mass is 10.1. The molecule has 1 aliphatic rings. The van der Waals surface area contributed by atoms with Crippen molar-refractivity contribution in [3.63, 3.8) is 0 Å². The number of rotatable bonds is 2. The largest absolute Gasteiger partial charge is 0.439 e. The Morgan fingerprint density at radius 1 is 1.11 bits per heavy atom. The number of benzene rings is 1. The van der Waals surface area contributed by atoms with Crippen LogP contribution in [0.1, 0.15) is 5.56 Å². The van der Waals surface area contributed by atoms with Gasteiger partial charge in [0.1, 0.15) is 17.4 Å². The lowest BCUT2D eigenvalue weighted by Crippen LogP contribution is -2.36. The molecule has 0 radical (unpaired) electrons. The summed E-state index contributed by atoms with van der Waals surface area (Å²) in [5.41, 5.74) is 1.57. The molecule has 4 heteroatoms. The summed E-state index contributed by atoms with van der Waals surface area (Å²) in [5.74, 6) is 1.39. The minimum Gasteiger partial charge on any atom is -0.439 e.